The lowest BCUT2D eigenvalue weighted by atomic mass is 10.0. The van der Waals surface area contributed by atoms with Crippen LogP contribution in [-0.4, -0.2) is 14.4 Å². The van der Waals surface area contributed by atoms with E-state index in [0.29, 0.717) is 5.92 Å². The van der Waals surface area contributed by atoms with Crippen LogP contribution in [0.3, 0.4) is 0 Å². The summed E-state index contributed by atoms with van der Waals surface area (Å²) in [5.74, 6) is 1.47. The van der Waals surface area contributed by atoms with Crippen LogP contribution in [0.1, 0.15) is 30.9 Å². The Morgan fingerprint density at radius 2 is 1.81 bits per heavy atom. The second kappa shape index (κ2) is 6.64. The summed E-state index contributed by atoms with van der Waals surface area (Å²) in [6.45, 7) is 6.50. The Kier molecular flexibility index (Phi) is 4.17. The molecule has 0 aliphatic carbocycles. The Bertz CT molecular complexity index is 1030. The standard InChI is InChI=1S/C22H22N4/c1-15(2)17-7-9-19(10-8-17)24-22-21(18-5-4-12-23-13-18)25-20-11-6-16(3)14-26(20)22/h4-15,24H,1-3H3. The number of rotatable bonds is 4. The number of hydrogen-bond acceptors (Lipinski definition) is 3. The van der Waals surface area contributed by atoms with Crippen molar-refractivity contribution in [1.82, 2.24) is 14.4 Å². The van der Waals surface area contributed by atoms with Crippen molar-refractivity contribution in [2.75, 3.05) is 5.32 Å². The molecule has 1 aromatic carbocycles. The van der Waals surface area contributed by atoms with Crippen LogP contribution in [0.5, 0.6) is 0 Å². The summed E-state index contributed by atoms with van der Waals surface area (Å²) >= 11 is 0. The monoisotopic (exact) mass is 342 g/mol. The number of pyridine rings is 2. The van der Waals surface area contributed by atoms with E-state index < -0.39 is 0 Å². The minimum Gasteiger partial charge on any atom is -0.339 e. The molecule has 3 heterocycles. The molecule has 1 N–H and O–H groups in total. The minimum absolute atomic E-state index is 0.522. The van der Waals surface area contributed by atoms with Gasteiger partial charge in [-0.2, -0.15) is 0 Å². The fourth-order valence-electron chi connectivity index (χ4n) is 3.06. The first-order valence-electron chi connectivity index (χ1n) is 8.88. The highest BCUT2D eigenvalue weighted by atomic mass is 15.1. The van der Waals surface area contributed by atoms with Crippen molar-refractivity contribution in [2.45, 2.75) is 26.7 Å². The van der Waals surface area contributed by atoms with E-state index in [9.17, 15) is 0 Å². The van der Waals surface area contributed by atoms with Gasteiger partial charge >= 0.3 is 0 Å². The van der Waals surface area contributed by atoms with E-state index in [1.54, 1.807) is 6.20 Å². The molecular formula is C22H22N4. The van der Waals surface area contributed by atoms with Crippen LogP contribution >= 0.6 is 0 Å². The molecule has 0 saturated carbocycles. The Hall–Kier alpha value is -3.14. The second-order valence-electron chi connectivity index (χ2n) is 6.89. The van der Waals surface area contributed by atoms with Crippen molar-refractivity contribution in [3.05, 3.63) is 78.2 Å². The molecular weight excluding hydrogens is 320 g/mol. The average Bonchev–Trinajstić information content (AvgIpc) is 3.01. The zero-order valence-electron chi connectivity index (χ0n) is 15.3. The van der Waals surface area contributed by atoms with Crippen molar-refractivity contribution < 1.29 is 0 Å². The molecule has 130 valence electrons. The van der Waals surface area contributed by atoms with Gasteiger partial charge in [-0.3, -0.25) is 9.38 Å². The highest BCUT2D eigenvalue weighted by Gasteiger charge is 2.15. The van der Waals surface area contributed by atoms with Gasteiger partial charge in [0.15, 0.2) is 0 Å². The predicted octanol–water partition coefficient (Wildman–Crippen LogP) is 5.57. The highest BCUT2D eigenvalue weighted by molar-refractivity contribution is 5.79. The van der Waals surface area contributed by atoms with Crippen LogP contribution in [0.2, 0.25) is 0 Å². The maximum absolute atomic E-state index is 4.83. The zero-order valence-corrected chi connectivity index (χ0v) is 15.3. The van der Waals surface area contributed by atoms with Crippen molar-refractivity contribution in [3.63, 3.8) is 0 Å². The molecule has 0 amide bonds. The fraction of sp³-hybridized carbons (Fsp3) is 0.182. The third kappa shape index (κ3) is 3.06. The summed E-state index contributed by atoms with van der Waals surface area (Å²) in [7, 11) is 0. The van der Waals surface area contributed by atoms with E-state index in [4.69, 9.17) is 4.98 Å². The van der Waals surface area contributed by atoms with Crippen LogP contribution in [-0.2, 0) is 0 Å². The Morgan fingerprint density at radius 1 is 1.00 bits per heavy atom. The molecule has 0 spiro atoms. The van der Waals surface area contributed by atoms with Crippen LogP contribution in [0.25, 0.3) is 16.9 Å². The van der Waals surface area contributed by atoms with Crippen molar-refractivity contribution >= 4 is 17.2 Å². The Balaban J connectivity index is 1.82. The summed E-state index contributed by atoms with van der Waals surface area (Å²) in [6, 6.07) is 16.7. The van der Waals surface area contributed by atoms with Gasteiger partial charge in [0.2, 0.25) is 0 Å². The first kappa shape index (κ1) is 16.3. The Labute approximate surface area is 153 Å². The lowest BCUT2D eigenvalue weighted by Crippen LogP contribution is -1.98. The number of imidazole rings is 1. The maximum atomic E-state index is 4.83. The Morgan fingerprint density at radius 3 is 2.50 bits per heavy atom. The van der Waals surface area contributed by atoms with Crippen molar-refractivity contribution in [3.8, 4) is 11.3 Å². The number of fused-ring (bicyclic) bond motifs is 1. The number of aryl methyl sites for hydroxylation is 1. The zero-order chi connectivity index (χ0) is 18.1. The molecule has 0 aliphatic heterocycles. The fourth-order valence-corrected chi connectivity index (χ4v) is 3.06. The lowest BCUT2D eigenvalue weighted by molar-refractivity contribution is 0.867. The molecule has 0 bridgehead atoms. The molecule has 0 fully saturated rings. The summed E-state index contributed by atoms with van der Waals surface area (Å²) in [6.07, 6.45) is 5.73. The highest BCUT2D eigenvalue weighted by Crippen LogP contribution is 2.31. The molecule has 0 saturated heterocycles. The topological polar surface area (TPSA) is 42.2 Å². The van der Waals surface area contributed by atoms with Crippen molar-refractivity contribution in [1.29, 1.82) is 0 Å². The van der Waals surface area contributed by atoms with E-state index in [1.165, 1.54) is 11.1 Å². The number of benzene rings is 1. The van der Waals surface area contributed by atoms with E-state index in [2.05, 4.69) is 72.0 Å². The third-order valence-corrected chi connectivity index (χ3v) is 4.54. The molecule has 4 aromatic rings. The number of anilines is 2. The third-order valence-electron chi connectivity index (χ3n) is 4.54. The van der Waals surface area contributed by atoms with E-state index in [1.807, 2.05) is 24.4 Å². The lowest BCUT2D eigenvalue weighted by Gasteiger charge is -2.11. The average molecular weight is 342 g/mol. The van der Waals surface area contributed by atoms with Gasteiger partial charge in [-0.1, -0.05) is 32.0 Å². The molecule has 0 aliphatic rings. The van der Waals surface area contributed by atoms with E-state index in [0.717, 1.165) is 28.4 Å². The molecule has 26 heavy (non-hydrogen) atoms. The van der Waals surface area contributed by atoms with E-state index in [-0.39, 0.29) is 0 Å². The molecule has 4 heteroatoms. The molecule has 3 aromatic heterocycles. The van der Waals surface area contributed by atoms with Crippen LogP contribution in [0.15, 0.2) is 67.1 Å². The number of hydrogen-bond donors (Lipinski definition) is 1. The predicted molar refractivity (Wildman–Crippen MR) is 107 cm³/mol. The van der Waals surface area contributed by atoms with Gasteiger partial charge in [0.1, 0.15) is 17.2 Å². The van der Waals surface area contributed by atoms with Gasteiger partial charge in [0.25, 0.3) is 0 Å². The first-order chi connectivity index (χ1) is 12.6. The number of aromatic nitrogens is 3. The van der Waals surface area contributed by atoms with Gasteiger partial charge in [-0.15, -0.1) is 0 Å². The van der Waals surface area contributed by atoms with Gasteiger partial charge < -0.3 is 5.32 Å². The largest absolute Gasteiger partial charge is 0.339 e. The van der Waals surface area contributed by atoms with E-state index >= 15 is 0 Å². The summed E-state index contributed by atoms with van der Waals surface area (Å²) < 4.78 is 2.11. The number of nitrogens with one attached hydrogen (secondary N) is 1. The maximum Gasteiger partial charge on any atom is 0.143 e. The molecule has 0 radical (unpaired) electrons. The van der Waals surface area contributed by atoms with Gasteiger partial charge in [-0.25, -0.2) is 4.98 Å². The van der Waals surface area contributed by atoms with Gasteiger partial charge in [-0.05, 0) is 54.3 Å². The van der Waals surface area contributed by atoms with Gasteiger partial charge in [0, 0.05) is 29.8 Å². The van der Waals surface area contributed by atoms with Crippen molar-refractivity contribution in [2.24, 2.45) is 0 Å². The second-order valence-corrected chi connectivity index (χ2v) is 6.89. The smallest absolute Gasteiger partial charge is 0.143 e. The molecule has 4 nitrogen and oxygen atoms in total. The molecule has 4 rings (SSSR count). The normalized spacial score (nSPS) is 11.2. The van der Waals surface area contributed by atoms with Crippen LogP contribution in [0.4, 0.5) is 11.5 Å². The summed E-state index contributed by atoms with van der Waals surface area (Å²) in [5, 5.41) is 3.56. The minimum atomic E-state index is 0.522. The SMILES string of the molecule is Cc1ccc2nc(-c3cccnc3)c(Nc3ccc(C(C)C)cc3)n2c1. The first-order valence-corrected chi connectivity index (χ1v) is 8.88. The number of nitrogens with zero attached hydrogens (tertiary/aromatic N) is 3. The quantitative estimate of drug-likeness (QED) is 0.527. The summed E-state index contributed by atoms with van der Waals surface area (Å²) in [5.41, 5.74) is 6.37. The molecule has 0 unspecified atom stereocenters. The summed E-state index contributed by atoms with van der Waals surface area (Å²) in [4.78, 5) is 9.08. The molecule has 0 atom stereocenters. The van der Waals surface area contributed by atoms with Crippen LogP contribution in [0, 0.1) is 6.92 Å². The van der Waals surface area contributed by atoms with Crippen LogP contribution < -0.4 is 5.32 Å². The van der Waals surface area contributed by atoms with Gasteiger partial charge in [0.05, 0.1) is 0 Å².